The maximum Gasteiger partial charge on any atom is 0.325 e. The maximum absolute atomic E-state index is 12.4. The van der Waals surface area contributed by atoms with Crippen LogP contribution in [-0.4, -0.2) is 19.1 Å². The van der Waals surface area contributed by atoms with E-state index in [4.69, 9.17) is 14.9 Å². The molecular formula is C19H18N2O4. The van der Waals surface area contributed by atoms with E-state index in [9.17, 15) is 9.59 Å². The fourth-order valence-electron chi connectivity index (χ4n) is 2.60. The van der Waals surface area contributed by atoms with Crippen LogP contribution in [0, 0.1) is 0 Å². The van der Waals surface area contributed by atoms with Crippen molar-refractivity contribution in [2.24, 2.45) is 0 Å². The topological polar surface area (TPSA) is 94.6 Å². The van der Waals surface area contributed by atoms with E-state index in [1.807, 2.05) is 18.2 Å². The average molecular weight is 338 g/mol. The van der Waals surface area contributed by atoms with Crippen LogP contribution in [0.3, 0.4) is 0 Å². The van der Waals surface area contributed by atoms with Crippen LogP contribution in [0.25, 0.3) is 22.3 Å². The third-order valence-electron chi connectivity index (χ3n) is 3.71. The highest BCUT2D eigenvalue weighted by atomic mass is 16.5. The van der Waals surface area contributed by atoms with Gasteiger partial charge in [0.05, 0.1) is 12.0 Å². The Morgan fingerprint density at radius 2 is 2.00 bits per heavy atom. The maximum atomic E-state index is 12.4. The second-order valence-electron chi connectivity index (χ2n) is 5.40. The number of rotatable bonds is 5. The first-order valence-electron chi connectivity index (χ1n) is 7.91. The molecular weight excluding hydrogens is 320 g/mol. The smallest absolute Gasteiger partial charge is 0.325 e. The zero-order chi connectivity index (χ0) is 17.8. The molecule has 1 heterocycles. The van der Waals surface area contributed by atoms with Gasteiger partial charge in [-0.1, -0.05) is 18.2 Å². The molecule has 0 amide bonds. The number of esters is 1. The third kappa shape index (κ3) is 3.47. The van der Waals surface area contributed by atoms with Crippen molar-refractivity contribution in [3.05, 3.63) is 58.8 Å². The van der Waals surface area contributed by atoms with E-state index < -0.39 is 0 Å². The summed E-state index contributed by atoms with van der Waals surface area (Å²) in [5.74, 6) is 0.0418. The number of para-hydroxylation sites is 1. The molecule has 3 aromatic rings. The SMILES string of the molecule is CCOC(=O)CNc1ccccc1-c1cc(=O)c2c(N)cccc2o1. The lowest BCUT2D eigenvalue weighted by Gasteiger charge is -2.11. The Kier molecular flexibility index (Phi) is 4.70. The number of nitrogens with two attached hydrogens (primary N) is 1. The summed E-state index contributed by atoms with van der Waals surface area (Å²) in [6.45, 7) is 2.10. The molecule has 3 rings (SSSR count). The fourth-order valence-corrected chi connectivity index (χ4v) is 2.60. The van der Waals surface area contributed by atoms with E-state index in [1.165, 1.54) is 6.07 Å². The molecule has 0 aliphatic rings. The number of ether oxygens (including phenoxy) is 1. The minimum Gasteiger partial charge on any atom is -0.465 e. The van der Waals surface area contributed by atoms with Crippen molar-refractivity contribution in [3.63, 3.8) is 0 Å². The standard InChI is InChI=1S/C19H18N2O4/c1-2-24-18(23)11-21-14-8-4-3-6-12(14)17-10-15(22)19-13(20)7-5-9-16(19)25-17/h3-10,21H,2,11,20H2,1H3. The minimum absolute atomic E-state index is 0.0234. The van der Waals surface area contributed by atoms with E-state index >= 15 is 0 Å². The summed E-state index contributed by atoms with van der Waals surface area (Å²) in [5, 5.41) is 3.38. The fraction of sp³-hybridized carbons (Fsp3) is 0.158. The first kappa shape index (κ1) is 16.6. The molecule has 0 radical (unpaired) electrons. The Morgan fingerprint density at radius 3 is 2.80 bits per heavy atom. The number of hydrogen-bond donors (Lipinski definition) is 2. The summed E-state index contributed by atoms with van der Waals surface area (Å²) in [5.41, 5.74) is 7.79. The molecule has 0 atom stereocenters. The largest absolute Gasteiger partial charge is 0.465 e. The minimum atomic E-state index is -0.356. The molecule has 0 unspecified atom stereocenters. The number of hydrogen-bond acceptors (Lipinski definition) is 6. The Labute approximate surface area is 144 Å². The van der Waals surface area contributed by atoms with Crippen LogP contribution in [0.15, 0.2) is 57.7 Å². The first-order valence-corrected chi connectivity index (χ1v) is 7.91. The normalized spacial score (nSPS) is 10.6. The first-order chi connectivity index (χ1) is 12.1. The molecule has 2 aromatic carbocycles. The lowest BCUT2D eigenvalue weighted by atomic mass is 10.1. The summed E-state index contributed by atoms with van der Waals surface area (Å²) in [7, 11) is 0. The van der Waals surface area contributed by atoms with Crippen molar-refractivity contribution >= 4 is 28.3 Å². The van der Waals surface area contributed by atoms with Gasteiger partial charge in [-0.3, -0.25) is 9.59 Å². The average Bonchev–Trinajstić information content (AvgIpc) is 2.60. The number of carbonyl (C=O) groups excluding carboxylic acids is 1. The van der Waals surface area contributed by atoms with Gasteiger partial charge in [0.25, 0.3) is 0 Å². The van der Waals surface area contributed by atoms with Crippen molar-refractivity contribution in [1.29, 1.82) is 0 Å². The monoisotopic (exact) mass is 338 g/mol. The van der Waals surface area contributed by atoms with Crippen molar-refractivity contribution < 1.29 is 13.9 Å². The molecule has 0 saturated carbocycles. The van der Waals surface area contributed by atoms with Crippen LogP contribution < -0.4 is 16.5 Å². The van der Waals surface area contributed by atoms with E-state index in [0.29, 0.717) is 40.3 Å². The quantitative estimate of drug-likeness (QED) is 0.548. The highest BCUT2D eigenvalue weighted by Gasteiger charge is 2.12. The third-order valence-corrected chi connectivity index (χ3v) is 3.71. The Hall–Kier alpha value is -3.28. The van der Waals surface area contributed by atoms with Crippen LogP contribution in [0.5, 0.6) is 0 Å². The second kappa shape index (κ2) is 7.09. The predicted molar refractivity (Wildman–Crippen MR) is 97.5 cm³/mol. The Balaban J connectivity index is 2.01. The lowest BCUT2D eigenvalue weighted by Crippen LogP contribution is -2.17. The zero-order valence-corrected chi connectivity index (χ0v) is 13.7. The Morgan fingerprint density at radius 1 is 1.20 bits per heavy atom. The molecule has 6 nitrogen and oxygen atoms in total. The molecule has 6 heteroatoms. The molecule has 0 aliphatic heterocycles. The van der Waals surface area contributed by atoms with Crippen molar-refractivity contribution in [1.82, 2.24) is 0 Å². The van der Waals surface area contributed by atoms with Crippen molar-refractivity contribution in [2.45, 2.75) is 6.92 Å². The molecule has 25 heavy (non-hydrogen) atoms. The molecule has 0 spiro atoms. The number of nitrogens with one attached hydrogen (secondary N) is 1. The summed E-state index contributed by atoms with van der Waals surface area (Å²) >= 11 is 0. The zero-order valence-electron chi connectivity index (χ0n) is 13.7. The number of fused-ring (bicyclic) bond motifs is 1. The van der Waals surface area contributed by atoms with Crippen LogP contribution in [0.4, 0.5) is 11.4 Å². The van der Waals surface area contributed by atoms with Crippen molar-refractivity contribution in [2.75, 3.05) is 24.2 Å². The van der Waals surface area contributed by atoms with Crippen LogP contribution in [-0.2, 0) is 9.53 Å². The Bertz CT molecular complexity index is 979. The molecule has 0 bridgehead atoms. The molecule has 0 saturated heterocycles. The van der Waals surface area contributed by atoms with E-state index in [-0.39, 0.29) is 17.9 Å². The van der Waals surface area contributed by atoms with Gasteiger partial charge >= 0.3 is 5.97 Å². The molecule has 0 aliphatic carbocycles. The predicted octanol–water partition coefficient (Wildman–Crippen LogP) is 3.02. The van der Waals surface area contributed by atoms with E-state index in [1.54, 1.807) is 31.2 Å². The molecule has 1 aromatic heterocycles. The highest BCUT2D eigenvalue weighted by molar-refractivity contribution is 5.90. The van der Waals surface area contributed by atoms with Gasteiger partial charge in [-0.15, -0.1) is 0 Å². The number of carbonyl (C=O) groups is 1. The van der Waals surface area contributed by atoms with Gasteiger partial charge in [0.1, 0.15) is 17.9 Å². The molecule has 0 fully saturated rings. The van der Waals surface area contributed by atoms with Crippen LogP contribution in [0.1, 0.15) is 6.92 Å². The van der Waals surface area contributed by atoms with Gasteiger partial charge in [0, 0.05) is 23.0 Å². The van der Waals surface area contributed by atoms with Gasteiger partial charge in [-0.2, -0.15) is 0 Å². The highest BCUT2D eigenvalue weighted by Crippen LogP contribution is 2.29. The van der Waals surface area contributed by atoms with Crippen molar-refractivity contribution in [3.8, 4) is 11.3 Å². The summed E-state index contributed by atoms with van der Waals surface area (Å²) in [4.78, 5) is 24.0. The number of anilines is 2. The number of benzene rings is 2. The summed E-state index contributed by atoms with van der Waals surface area (Å²) < 4.78 is 10.8. The molecule has 128 valence electrons. The molecule has 3 N–H and O–H groups in total. The summed E-state index contributed by atoms with van der Waals surface area (Å²) in [6.07, 6.45) is 0. The second-order valence-corrected chi connectivity index (χ2v) is 5.40. The number of nitrogen functional groups attached to an aromatic ring is 1. The van der Waals surface area contributed by atoms with Gasteiger partial charge in [0.15, 0.2) is 5.43 Å². The van der Waals surface area contributed by atoms with Crippen LogP contribution in [0.2, 0.25) is 0 Å². The van der Waals surface area contributed by atoms with Gasteiger partial charge in [-0.05, 0) is 31.2 Å². The van der Waals surface area contributed by atoms with Gasteiger partial charge in [0.2, 0.25) is 0 Å². The lowest BCUT2D eigenvalue weighted by molar-refractivity contribution is -0.140. The van der Waals surface area contributed by atoms with Gasteiger partial charge < -0.3 is 20.2 Å². The van der Waals surface area contributed by atoms with Crippen LogP contribution >= 0.6 is 0 Å². The van der Waals surface area contributed by atoms with E-state index in [2.05, 4.69) is 5.32 Å². The van der Waals surface area contributed by atoms with Gasteiger partial charge in [-0.25, -0.2) is 0 Å². The van der Waals surface area contributed by atoms with E-state index in [0.717, 1.165) is 0 Å². The summed E-state index contributed by atoms with van der Waals surface area (Å²) in [6, 6.07) is 13.8.